The Kier molecular flexibility index (Phi) is 5.13. The van der Waals surface area contributed by atoms with Crippen molar-refractivity contribution in [1.29, 1.82) is 0 Å². The van der Waals surface area contributed by atoms with Gasteiger partial charge in [-0.2, -0.15) is 4.98 Å². The lowest BCUT2D eigenvalue weighted by atomic mass is 10.2. The first-order valence-corrected chi connectivity index (χ1v) is 8.67. The number of hydrogen-bond acceptors (Lipinski definition) is 5. The molecule has 1 aromatic carbocycles. The Morgan fingerprint density at radius 1 is 1.33 bits per heavy atom. The minimum absolute atomic E-state index is 0.0628. The van der Waals surface area contributed by atoms with Crippen LogP contribution in [0, 0.1) is 0 Å². The fourth-order valence-corrected chi connectivity index (χ4v) is 2.85. The summed E-state index contributed by atoms with van der Waals surface area (Å²) in [5.74, 6) is 1.57. The summed E-state index contributed by atoms with van der Waals surface area (Å²) in [7, 11) is 0. The number of aryl methyl sites for hydroxylation is 1. The van der Waals surface area contributed by atoms with Crippen molar-refractivity contribution in [2.75, 3.05) is 16.8 Å². The maximum Gasteiger partial charge on any atom is 0.248 e. The number of nitrogens with zero attached hydrogens (tertiary/aromatic N) is 3. The zero-order valence-corrected chi connectivity index (χ0v) is 14.3. The second kappa shape index (κ2) is 7.47. The summed E-state index contributed by atoms with van der Waals surface area (Å²) in [6.07, 6.45) is 4.62. The van der Waals surface area contributed by atoms with Gasteiger partial charge in [0.25, 0.3) is 0 Å². The van der Waals surface area contributed by atoms with Gasteiger partial charge in [-0.15, -0.1) is 0 Å². The normalized spacial score (nSPS) is 15.8. The van der Waals surface area contributed by atoms with Crippen LogP contribution in [0.4, 0.5) is 11.4 Å². The van der Waals surface area contributed by atoms with Crippen molar-refractivity contribution in [3.8, 4) is 0 Å². The van der Waals surface area contributed by atoms with E-state index in [0.717, 1.165) is 49.4 Å². The third-order valence-corrected chi connectivity index (χ3v) is 4.24. The van der Waals surface area contributed by atoms with Crippen molar-refractivity contribution >= 4 is 17.3 Å². The van der Waals surface area contributed by atoms with Crippen LogP contribution in [0.15, 0.2) is 28.8 Å². The minimum atomic E-state index is -0.0628. The zero-order valence-electron chi connectivity index (χ0n) is 14.3. The first kappa shape index (κ1) is 16.5. The van der Waals surface area contributed by atoms with E-state index in [-0.39, 0.29) is 11.9 Å². The number of rotatable bonds is 7. The molecule has 1 aliphatic heterocycles. The molecular weight excluding hydrogens is 304 g/mol. The first-order chi connectivity index (χ1) is 11.7. The Labute approximate surface area is 142 Å². The highest BCUT2D eigenvalue weighted by Crippen LogP contribution is 2.25. The highest BCUT2D eigenvalue weighted by molar-refractivity contribution is 5.95. The summed E-state index contributed by atoms with van der Waals surface area (Å²) in [5.41, 5.74) is 1.92. The number of anilines is 2. The number of nitrogens with one attached hydrogen (secondary N) is 1. The number of carbonyl (C=O) groups excluding carboxylic acids is 1. The van der Waals surface area contributed by atoms with Crippen LogP contribution >= 0.6 is 0 Å². The molecule has 1 amide bonds. The maximum absolute atomic E-state index is 11.8. The molecular formula is C18H24N4O2. The summed E-state index contributed by atoms with van der Waals surface area (Å²) < 4.78 is 5.34. The number of benzene rings is 1. The highest BCUT2D eigenvalue weighted by Gasteiger charge is 2.21. The molecule has 0 bridgehead atoms. The number of hydrogen-bond donors (Lipinski definition) is 1. The number of amides is 1. The summed E-state index contributed by atoms with van der Waals surface area (Å²) in [4.78, 5) is 18.1. The third-order valence-electron chi connectivity index (χ3n) is 4.24. The molecule has 2 aromatic rings. The Morgan fingerprint density at radius 3 is 2.79 bits per heavy atom. The van der Waals surface area contributed by atoms with E-state index < -0.39 is 0 Å². The number of aromatic nitrogens is 2. The molecule has 0 spiro atoms. The van der Waals surface area contributed by atoms with Gasteiger partial charge in [0.1, 0.15) is 6.04 Å². The van der Waals surface area contributed by atoms with Crippen molar-refractivity contribution in [2.24, 2.45) is 0 Å². The molecule has 1 unspecified atom stereocenters. The minimum Gasteiger partial charge on any atom is -0.374 e. The highest BCUT2D eigenvalue weighted by atomic mass is 16.5. The van der Waals surface area contributed by atoms with E-state index in [1.165, 1.54) is 0 Å². The molecule has 1 N–H and O–H groups in total. The SMILES string of the molecule is CCCCc1noc(C(C)Nc2ccc(N3CCCC3=O)cc2)n1. The van der Waals surface area contributed by atoms with Crippen LogP contribution in [-0.4, -0.2) is 22.6 Å². The summed E-state index contributed by atoms with van der Waals surface area (Å²) in [6.45, 7) is 4.95. The van der Waals surface area contributed by atoms with E-state index >= 15 is 0 Å². The van der Waals surface area contributed by atoms with Crippen LogP contribution in [0.3, 0.4) is 0 Å². The Bertz CT molecular complexity index is 681. The van der Waals surface area contributed by atoms with Crippen molar-refractivity contribution in [1.82, 2.24) is 10.1 Å². The predicted molar refractivity (Wildman–Crippen MR) is 93.0 cm³/mol. The van der Waals surface area contributed by atoms with Gasteiger partial charge in [-0.3, -0.25) is 4.79 Å². The second-order valence-electron chi connectivity index (χ2n) is 6.21. The Morgan fingerprint density at radius 2 is 2.12 bits per heavy atom. The van der Waals surface area contributed by atoms with Crippen LogP contribution in [0.1, 0.15) is 57.3 Å². The van der Waals surface area contributed by atoms with Gasteiger partial charge in [0, 0.05) is 30.8 Å². The molecule has 24 heavy (non-hydrogen) atoms. The van der Waals surface area contributed by atoms with Gasteiger partial charge < -0.3 is 14.7 Å². The second-order valence-corrected chi connectivity index (χ2v) is 6.21. The lowest BCUT2D eigenvalue weighted by Crippen LogP contribution is -2.23. The smallest absolute Gasteiger partial charge is 0.248 e. The standard InChI is InChI=1S/C18H24N4O2/c1-3-4-6-16-20-18(24-21-16)13(2)19-14-8-10-15(11-9-14)22-12-5-7-17(22)23/h8-11,13,19H,3-7,12H2,1-2H3. The topological polar surface area (TPSA) is 71.3 Å². The summed E-state index contributed by atoms with van der Waals surface area (Å²) >= 11 is 0. The molecule has 0 radical (unpaired) electrons. The van der Waals surface area contributed by atoms with E-state index in [2.05, 4.69) is 22.4 Å². The molecule has 1 fully saturated rings. The van der Waals surface area contributed by atoms with Crippen molar-refractivity contribution in [3.05, 3.63) is 36.0 Å². The number of unbranched alkanes of at least 4 members (excludes halogenated alkanes) is 1. The average molecular weight is 328 g/mol. The van der Waals surface area contributed by atoms with Gasteiger partial charge in [-0.1, -0.05) is 18.5 Å². The van der Waals surface area contributed by atoms with Gasteiger partial charge in [-0.05, 0) is 44.0 Å². The van der Waals surface area contributed by atoms with Gasteiger partial charge in [0.2, 0.25) is 11.8 Å². The van der Waals surface area contributed by atoms with Crippen molar-refractivity contribution < 1.29 is 9.32 Å². The van der Waals surface area contributed by atoms with E-state index in [1.54, 1.807) is 0 Å². The average Bonchev–Trinajstić information content (AvgIpc) is 3.23. The fraction of sp³-hybridized carbons (Fsp3) is 0.500. The van der Waals surface area contributed by atoms with Gasteiger partial charge in [0.15, 0.2) is 5.82 Å². The molecule has 6 nitrogen and oxygen atoms in total. The van der Waals surface area contributed by atoms with Crippen molar-refractivity contribution in [3.63, 3.8) is 0 Å². The molecule has 1 atom stereocenters. The van der Waals surface area contributed by atoms with Crippen LogP contribution in [0.2, 0.25) is 0 Å². The molecule has 1 aromatic heterocycles. The van der Waals surface area contributed by atoms with E-state index in [4.69, 9.17) is 4.52 Å². The lowest BCUT2D eigenvalue weighted by molar-refractivity contribution is -0.117. The summed E-state index contributed by atoms with van der Waals surface area (Å²) in [5, 5.41) is 7.38. The zero-order chi connectivity index (χ0) is 16.9. The Balaban J connectivity index is 1.60. The quantitative estimate of drug-likeness (QED) is 0.839. The van der Waals surface area contributed by atoms with Crippen LogP contribution < -0.4 is 10.2 Å². The van der Waals surface area contributed by atoms with Gasteiger partial charge in [-0.25, -0.2) is 0 Å². The van der Waals surface area contributed by atoms with Gasteiger partial charge in [0.05, 0.1) is 0 Å². The fourth-order valence-electron chi connectivity index (χ4n) is 2.85. The molecule has 1 saturated heterocycles. The molecule has 0 saturated carbocycles. The lowest BCUT2D eigenvalue weighted by Gasteiger charge is -2.17. The molecule has 3 rings (SSSR count). The Hall–Kier alpha value is -2.37. The molecule has 0 aliphatic carbocycles. The van der Waals surface area contributed by atoms with Crippen molar-refractivity contribution in [2.45, 2.75) is 52.0 Å². The van der Waals surface area contributed by atoms with E-state index in [0.29, 0.717) is 12.3 Å². The number of carbonyl (C=O) groups is 1. The van der Waals surface area contributed by atoms with Crippen LogP contribution in [0.5, 0.6) is 0 Å². The van der Waals surface area contributed by atoms with E-state index in [9.17, 15) is 4.79 Å². The monoisotopic (exact) mass is 328 g/mol. The van der Waals surface area contributed by atoms with E-state index in [1.807, 2.05) is 36.1 Å². The molecule has 6 heteroatoms. The predicted octanol–water partition coefficient (Wildman–Crippen LogP) is 3.71. The molecule has 128 valence electrons. The van der Waals surface area contributed by atoms with Gasteiger partial charge >= 0.3 is 0 Å². The molecule has 2 heterocycles. The third kappa shape index (κ3) is 3.75. The summed E-state index contributed by atoms with van der Waals surface area (Å²) in [6, 6.07) is 7.84. The largest absolute Gasteiger partial charge is 0.374 e. The van der Waals surface area contributed by atoms with Crippen LogP contribution in [-0.2, 0) is 11.2 Å². The van der Waals surface area contributed by atoms with Crippen LogP contribution in [0.25, 0.3) is 0 Å². The maximum atomic E-state index is 11.8. The first-order valence-electron chi connectivity index (χ1n) is 8.67. The molecule has 1 aliphatic rings.